The minimum absolute atomic E-state index is 0.210. The fraction of sp³-hybridized carbons (Fsp3) is 0.200. The van der Waals surface area contributed by atoms with E-state index in [0.29, 0.717) is 17.6 Å². The molecule has 21 heavy (non-hydrogen) atoms. The molecular weight excluding hydrogens is 266 g/mol. The second kappa shape index (κ2) is 4.97. The predicted octanol–water partition coefficient (Wildman–Crippen LogP) is 2.38. The van der Waals surface area contributed by atoms with Crippen LogP contribution < -0.4 is 10.9 Å². The van der Waals surface area contributed by atoms with Crippen molar-refractivity contribution < 1.29 is 0 Å². The highest BCUT2D eigenvalue weighted by Crippen LogP contribution is 2.19. The number of nitrogens with zero attached hydrogens (tertiary/aromatic N) is 3. The molecular formula is C15H15N5O. The van der Waals surface area contributed by atoms with Gasteiger partial charge < -0.3 is 0 Å². The Hall–Kier alpha value is -2.76. The molecule has 0 radical (unpaired) electrons. The van der Waals surface area contributed by atoms with E-state index < -0.39 is 0 Å². The molecule has 0 aliphatic heterocycles. The van der Waals surface area contributed by atoms with Gasteiger partial charge in [0, 0.05) is 17.1 Å². The van der Waals surface area contributed by atoms with Crippen LogP contribution in [0.5, 0.6) is 0 Å². The van der Waals surface area contributed by atoms with E-state index >= 15 is 0 Å². The highest BCUT2D eigenvalue weighted by molar-refractivity contribution is 5.82. The molecule has 0 amide bonds. The fourth-order valence-corrected chi connectivity index (χ4v) is 2.20. The summed E-state index contributed by atoms with van der Waals surface area (Å²) in [6.07, 6.45) is 0. The predicted molar refractivity (Wildman–Crippen MR) is 81.9 cm³/mol. The SMILES string of the molecule is Cc1ccc2nc(Nc3nc(C)cc(=O)[nH]3)nc(C)c2c1. The quantitative estimate of drug-likeness (QED) is 0.753. The fourth-order valence-electron chi connectivity index (χ4n) is 2.20. The second-order valence-corrected chi connectivity index (χ2v) is 5.01. The standard InChI is InChI=1S/C15H15N5O/c1-8-4-5-12-11(6-8)10(3)17-15(18-12)20-14-16-9(2)7-13(21)19-14/h4-7H,1-3H3,(H2,16,17,18,19,20,21). The first kappa shape index (κ1) is 13.2. The number of aryl methyl sites for hydroxylation is 3. The molecule has 106 valence electrons. The van der Waals surface area contributed by atoms with Crippen LogP contribution in [0.2, 0.25) is 0 Å². The molecule has 3 rings (SSSR count). The first-order valence-electron chi connectivity index (χ1n) is 6.61. The maximum absolute atomic E-state index is 11.4. The van der Waals surface area contributed by atoms with E-state index in [-0.39, 0.29) is 5.56 Å². The number of benzene rings is 1. The minimum atomic E-state index is -0.210. The molecule has 0 fully saturated rings. The van der Waals surface area contributed by atoms with Gasteiger partial charge in [0.25, 0.3) is 5.56 Å². The zero-order valence-corrected chi connectivity index (χ0v) is 12.1. The van der Waals surface area contributed by atoms with Crippen LogP contribution in [-0.2, 0) is 0 Å². The molecule has 0 spiro atoms. The van der Waals surface area contributed by atoms with Gasteiger partial charge in [-0.2, -0.15) is 0 Å². The van der Waals surface area contributed by atoms with Gasteiger partial charge in [-0.1, -0.05) is 11.6 Å². The number of hydrogen-bond acceptors (Lipinski definition) is 5. The molecule has 2 N–H and O–H groups in total. The Balaban J connectivity index is 2.05. The molecule has 0 unspecified atom stereocenters. The van der Waals surface area contributed by atoms with E-state index in [0.717, 1.165) is 16.6 Å². The van der Waals surface area contributed by atoms with Gasteiger partial charge in [-0.25, -0.2) is 15.0 Å². The zero-order valence-electron chi connectivity index (χ0n) is 12.1. The summed E-state index contributed by atoms with van der Waals surface area (Å²) in [4.78, 5) is 27.1. The molecule has 0 aliphatic carbocycles. The van der Waals surface area contributed by atoms with Crippen molar-refractivity contribution in [2.45, 2.75) is 20.8 Å². The number of aromatic nitrogens is 4. The third-order valence-corrected chi connectivity index (χ3v) is 3.14. The smallest absolute Gasteiger partial charge is 0.252 e. The molecule has 0 bridgehead atoms. The van der Waals surface area contributed by atoms with Crippen LogP contribution in [0, 0.1) is 20.8 Å². The summed E-state index contributed by atoms with van der Waals surface area (Å²) in [5.41, 5.74) is 3.32. The first-order valence-corrected chi connectivity index (χ1v) is 6.61. The van der Waals surface area contributed by atoms with Crippen LogP contribution in [0.4, 0.5) is 11.9 Å². The van der Waals surface area contributed by atoms with E-state index in [2.05, 4.69) is 31.3 Å². The van der Waals surface area contributed by atoms with Crippen LogP contribution in [0.1, 0.15) is 17.0 Å². The molecule has 0 atom stereocenters. The summed E-state index contributed by atoms with van der Waals surface area (Å²) in [5, 5.41) is 3.96. The third kappa shape index (κ3) is 2.74. The van der Waals surface area contributed by atoms with Crippen molar-refractivity contribution in [3.05, 3.63) is 51.6 Å². The lowest BCUT2D eigenvalue weighted by Crippen LogP contribution is -2.11. The van der Waals surface area contributed by atoms with E-state index in [4.69, 9.17) is 0 Å². The number of rotatable bonds is 2. The Morgan fingerprint density at radius 2 is 1.86 bits per heavy atom. The van der Waals surface area contributed by atoms with Gasteiger partial charge in [-0.3, -0.25) is 15.1 Å². The summed E-state index contributed by atoms with van der Waals surface area (Å²) in [7, 11) is 0. The van der Waals surface area contributed by atoms with Gasteiger partial charge in [0.1, 0.15) is 0 Å². The van der Waals surface area contributed by atoms with Gasteiger partial charge in [0.05, 0.1) is 11.2 Å². The van der Waals surface area contributed by atoms with Crippen molar-refractivity contribution in [1.82, 2.24) is 19.9 Å². The van der Waals surface area contributed by atoms with Crippen molar-refractivity contribution in [3.8, 4) is 0 Å². The Bertz CT molecular complexity index is 885. The Kier molecular flexibility index (Phi) is 3.13. The lowest BCUT2D eigenvalue weighted by molar-refractivity contribution is 1.05. The second-order valence-electron chi connectivity index (χ2n) is 5.01. The average Bonchev–Trinajstić information content (AvgIpc) is 2.38. The summed E-state index contributed by atoms with van der Waals surface area (Å²) in [6, 6.07) is 7.45. The van der Waals surface area contributed by atoms with Crippen LogP contribution in [0.25, 0.3) is 10.9 Å². The van der Waals surface area contributed by atoms with Gasteiger partial charge >= 0.3 is 0 Å². The van der Waals surface area contributed by atoms with Crippen molar-refractivity contribution >= 4 is 22.8 Å². The number of hydrogen-bond donors (Lipinski definition) is 2. The molecule has 2 aromatic heterocycles. The average molecular weight is 281 g/mol. The zero-order chi connectivity index (χ0) is 15.0. The number of fused-ring (bicyclic) bond motifs is 1. The topological polar surface area (TPSA) is 83.6 Å². The molecule has 1 aromatic carbocycles. The van der Waals surface area contributed by atoms with Crippen LogP contribution in [0.3, 0.4) is 0 Å². The molecule has 3 aromatic rings. The molecule has 6 nitrogen and oxygen atoms in total. The molecule has 2 heterocycles. The number of H-pyrrole nitrogens is 1. The van der Waals surface area contributed by atoms with Crippen molar-refractivity contribution in [2.24, 2.45) is 0 Å². The van der Waals surface area contributed by atoms with Gasteiger partial charge in [-0.05, 0) is 32.9 Å². The highest BCUT2D eigenvalue weighted by Gasteiger charge is 2.06. The largest absolute Gasteiger partial charge is 0.294 e. The van der Waals surface area contributed by atoms with Crippen molar-refractivity contribution in [2.75, 3.05) is 5.32 Å². The Morgan fingerprint density at radius 3 is 2.62 bits per heavy atom. The van der Waals surface area contributed by atoms with Gasteiger partial charge in [0.2, 0.25) is 11.9 Å². The van der Waals surface area contributed by atoms with E-state index in [1.54, 1.807) is 6.92 Å². The highest BCUT2D eigenvalue weighted by atomic mass is 16.1. The van der Waals surface area contributed by atoms with Crippen LogP contribution in [0.15, 0.2) is 29.1 Å². The van der Waals surface area contributed by atoms with Crippen molar-refractivity contribution in [1.29, 1.82) is 0 Å². The summed E-state index contributed by atoms with van der Waals surface area (Å²) >= 11 is 0. The van der Waals surface area contributed by atoms with Gasteiger partial charge in [0.15, 0.2) is 0 Å². The molecule has 6 heteroatoms. The minimum Gasteiger partial charge on any atom is -0.294 e. The summed E-state index contributed by atoms with van der Waals surface area (Å²) in [5.74, 6) is 0.753. The van der Waals surface area contributed by atoms with Gasteiger partial charge in [-0.15, -0.1) is 0 Å². The third-order valence-electron chi connectivity index (χ3n) is 3.14. The monoisotopic (exact) mass is 281 g/mol. The van der Waals surface area contributed by atoms with Crippen LogP contribution in [-0.4, -0.2) is 19.9 Å². The number of aromatic amines is 1. The molecule has 0 saturated heterocycles. The maximum atomic E-state index is 11.4. The summed E-state index contributed by atoms with van der Waals surface area (Å²) < 4.78 is 0. The normalized spacial score (nSPS) is 10.8. The Morgan fingerprint density at radius 1 is 1.05 bits per heavy atom. The van der Waals surface area contributed by atoms with E-state index in [1.165, 1.54) is 11.6 Å². The van der Waals surface area contributed by atoms with Crippen LogP contribution >= 0.6 is 0 Å². The molecule has 0 saturated carbocycles. The number of nitrogens with one attached hydrogen (secondary N) is 2. The first-order chi connectivity index (χ1) is 10.0. The van der Waals surface area contributed by atoms with E-state index in [9.17, 15) is 4.79 Å². The maximum Gasteiger partial charge on any atom is 0.252 e. The lowest BCUT2D eigenvalue weighted by Gasteiger charge is -2.08. The van der Waals surface area contributed by atoms with E-state index in [1.807, 2.05) is 26.0 Å². The summed E-state index contributed by atoms with van der Waals surface area (Å²) in [6.45, 7) is 5.73. The molecule has 0 aliphatic rings. The van der Waals surface area contributed by atoms with Crippen molar-refractivity contribution in [3.63, 3.8) is 0 Å². The lowest BCUT2D eigenvalue weighted by atomic mass is 10.1. The number of anilines is 2. The Labute approximate surface area is 121 Å².